The molecular formula is C36H62N8O8. The Morgan fingerprint density at radius 1 is 0.692 bits per heavy atom. The SMILES string of the molecule is C.C.COc1ccc(N)c(NC2CCC(NC(=O)OC(C)(C)C)CC2)n1.COc1ccc([N+](=O)[O-])c(NC2CCC(NC(=O)OC(C)(C)C)CC2)n1. The first-order chi connectivity index (χ1) is 23.4. The lowest BCUT2D eigenvalue weighted by atomic mass is 9.91. The number of pyridine rings is 2. The van der Waals surface area contributed by atoms with E-state index in [4.69, 9.17) is 24.7 Å². The fourth-order valence-corrected chi connectivity index (χ4v) is 5.58. The Hall–Kier alpha value is -4.76. The Labute approximate surface area is 308 Å². The van der Waals surface area contributed by atoms with E-state index in [1.165, 1.54) is 19.2 Å². The summed E-state index contributed by atoms with van der Waals surface area (Å²) >= 11 is 0. The fraction of sp³-hybridized carbons (Fsp3) is 0.667. The summed E-state index contributed by atoms with van der Waals surface area (Å²) in [7, 11) is 3.04. The third-order valence-electron chi connectivity index (χ3n) is 7.94. The second-order valence-electron chi connectivity index (χ2n) is 14.4. The van der Waals surface area contributed by atoms with Gasteiger partial charge < -0.3 is 45.9 Å². The summed E-state index contributed by atoms with van der Waals surface area (Å²) in [6.45, 7) is 11.0. The predicted octanol–water partition coefficient (Wildman–Crippen LogP) is 7.44. The minimum Gasteiger partial charge on any atom is -0.481 e. The molecule has 0 aliphatic heterocycles. The molecule has 2 saturated carbocycles. The quantitative estimate of drug-likeness (QED) is 0.125. The van der Waals surface area contributed by atoms with E-state index in [1.54, 1.807) is 19.2 Å². The highest BCUT2D eigenvalue weighted by Gasteiger charge is 2.28. The normalized spacial score (nSPS) is 19.8. The number of hydrogen-bond donors (Lipinski definition) is 5. The first kappa shape index (κ1) is 45.3. The second kappa shape index (κ2) is 20.3. The standard InChI is InChI=1S/C17H26N4O5.C17H28N4O3.2CH4/c1-17(2,3)26-16(22)19-12-7-5-11(6-8-12)18-15-13(21(23)24)9-10-14(20-15)25-4;1-17(2,3)24-16(22)20-12-7-5-11(6-8-12)19-15-13(18)9-10-14(21-15)23-4;;/h9-12H,5-8H2,1-4H3,(H,18,20)(H,19,22);9-12H,5-8,18H2,1-4H3,(H,19,21)(H,20,22);2*1H4. The summed E-state index contributed by atoms with van der Waals surface area (Å²) in [4.78, 5) is 42.9. The van der Waals surface area contributed by atoms with Crippen molar-refractivity contribution >= 4 is 35.2 Å². The summed E-state index contributed by atoms with van der Waals surface area (Å²) in [5, 5.41) is 23.5. The van der Waals surface area contributed by atoms with Crippen LogP contribution < -0.4 is 36.5 Å². The Balaban J connectivity index is 0.000000502. The van der Waals surface area contributed by atoms with Gasteiger partial charge in [0, 0.05) is 42.4 Å². The molecule has 0 saturated heterocycles. The molecule has 2 aromatic rings. The molecule has 16 nitrogen and oxygen atoms in total. The lowest BCUT2D eigenvalue weighted by molar-refractivity contribution is -0.384. The minimum atomic E-state index is -0.528. The van der Waals surface area contributed by atoms with Crippen molar-refractivity contribution in [2.75, 3.05) is 30.6 Å². The van der Waals surface area contributed by atoms with Crippen LogP contribution in [0.1, 0.15) is 108 Å². The van der Waals surface area contributed by atoms with Gasteiger partial charge in [-0.3, -0.25) is 10.1 Å². The van der Waals surface area contributed by atoms with Crippen LogP contribution >= 0.6 is 0 Å². The van der Waals surface area contributed by atoms with Gasteiger partial charge in [-0.1, -0.05) is 14.9 Å². The Kier molecular flexibility index (Phi) is 17.7. The zero-order chi connectivity index (χ0) is 37.1. The second-order valence-corrected chi connectivity index (χ2v) is 14.4. The van der Waals surface area contributed by atoms with E-state index in [1.807, 2.05) is 41.5 Å². The average molecular weight is 735 g/mol. The maximum absolute atomic E-state index is 11.8. The van der Waals surface area contributed by atoms with Gasteiger partial charge in [0.2, 0.25) is 17.6 Å². The van der Waals surface area contributed by atoms with E-state index in [0.717, 1.165) is 51.4 Å². The van der Waals surface area contributed by atoms with Crippen LogP contribution in [0.4, 0.5) is 32.6 Å². The summed E-state index contributed by atoms with van der Waals surface area (Å²) in [5.74, 6) is 1.71. The highest BCUT2D eigenvalue weighted by molar-refractivity contribution is 5.68. The molecule has 2 aliphatic carbocycles. The van der Waals surface area contributed by atoms with Crippen molar-refractivity contribution in [2.24, 2.45) is 0 Å². The van der Waals surface area contributed by atoms with E-state index in [-0.39, 0.29) is 56.6 Å². The number of aromatic nitrogens is 2. The van der Waals surface area contributed by atoms with Crippen LogP contribution in [-0.2, 0) is 9.47 Å². The summed E-state index contributed by atoms with van der Waals surface area (Å²) < 4.78 is 20.7. The first-order valence-electron chi connectivity index (χ1n) is 17.0. The van der Waals surface area contributed by atoms with Gasteiger partial charge in [0.1, 0.15) is 11.2 Å². The van der Waals surface area contributed by atoms with Gasteiger partial charge in [0.15, 0.2) is 5.82 Å². The molecule has 0 radical (unpaired) electrons. The van der Waals surface area contributed by atoms with Crippen molar-refractivity contribution in [1.29, 1.82) is 0 Å². The minimum absolute atomic E-state index is 0. The lowest BCUT2D eigenvalue weighted by Crippen LogP contribution is -2.42. The zero-order valence-corrected chi connectivity index (χ0v) is 30.5. The van der Waals surface area contributed by atoms with Crippen molar-refractivity contribution in [3.05, 3.63) is 34.4 Å². The molecule has 2 aliphatic rings. The number of nitro groups is 1. The largest absolute Gasteiger partial charge is 0.481 e. The summed E-state index contributed by atoms with van der Waals surface area (Å²) in [6, 6.07) is 6.87. The van der Waals surface area contributed by atoms with Gasteiger partial charge in [-0.2, -0.15) is 9.97 Å². The number of rotatable bonds is 9. The molecule has 2 fully saturated rings. The van der Waals surface area contributed by atoms with Crippen LogP contribution in [0.3, 0.4) is 0 Å². The van der Waals surface area contributed by atoms with Gasteiger partial charge in [-0.05, 0) is 99.0 Å². The van der Waals surface area contributed by atoms with Crippen LogP contribution in [0, 0.1) is 10.1 Å². The topological polar surface area (TPSA) is 214 Å². The molecular weight excluding hydrogens is 672 g/mol. The summed E-state index contributed by atoms with van der Waals surface area (Å²) in [5.41, 5.74) is 5.48. The van der Waals surface area contributed by atoms with Crippen molar-refractivity contribution < 1.29 is 33.5 Å². The van der Waals surface area contributed by atoms with Gasteiger partial charge >= 0.3 is 17.9 Å². The lowest BCUT2D eigenvalue weighted by Gasteiger charge is -2.31. The number of anilines is 3. The molecule has 52 heavy (non-hydrogen) atoms. The zero-order valence-electron chi connectivity index (χ0n) is 30.5. The van der Waals surface area contributed by atoms with E-state index in [9.17, 15) is 19.7 Å². The Bertz CT molecular complexity index is 1430. The maximum Gasteiger partial charge on any atom is 0.407 e. The number of methoxy groups -OCH3 is 2. The number of hydrogen-bond acceptors (Lipinski definition) is 13. The van der Waals surface area contributed by atoms with Crippen LogP contribution in [0.25, 0.3) is 0 Å². The number of amides is 2. The van der Waals surface area contributed by atoms with Crippen molar-refractivity contribution in [3.63, 3.8) is 0 Å². The van der Waals surface area contributed by atoms with Crippen LogP contribution in [0.15, 0.2) is 24.3 Å². The van der Waals surface area contributed by atoms with Crippen molar-refractivity contribution in [2.45, 2.75) is 143 Å². The van der Waals surface area contributed by atoms with E-state index in [0.29, 0.717) is 23.3 Å². The maximum atomic E-state index is 11.8. The van der Waals surface area contributed by atoms with E-state index < -0.39 is 22.2 Å². The number of ether oxygens (including phenoxy) is 4. The van der Waals surface area contributed by atoms with E-state index >= 15 is 0 Å². The molecule has 0 bridgehead atoms. The van der Waals surface area contributed by atoms with Gasteiger partial charge in [-0.15, -0.1) is 0 Å². The van der Waals surface area contributed by atoms with Gasteiger partial charge in [-0.25, -0.2) is 9.59 Å². The number of carbonyl (C=O) groups excluding carboxylic acids is 2. The van der Waals surface area contributed by atoms with Gasteiger partial charge in [0.05, 0.1) is 24.8 Å². The third kappa shape index (κ3) is 15.6. The number of nitrogens with zero attached hydrogens (tertiary/aromatic N) is 3. The molecule has 0 atom stereocenters. The Morgan fingerprint density at radius 2 is 1.06 bits per heavy atom. The fourth-order valence-electron chi connectivity index (χ4n) is 5.58. The molecule has 294 valence electrons. The molecule has 16 heteroatoms. The molecule has 0 unspecified atom stereocenters. The molecule has 2 aromatic heterocycles. The van der Waals surface area contributed by atoms with Crippen LogP contribution in [-0.4, -0.2) is 76.7 Å². The van der Waals surface area contributed by atoms with Gasteiger partial charge in [0.25, 0.3) is 0 Å². The summed E-state index contributed by atoms with van der Waals surface area (Å²) in [6.07, 6.45) is 5.91. The monoisotopic (exact) mass is 734 g/mol. The number of alkyl carbamates (subject to hydrolysis) is 2. The number of nitrogens with one attached hydrogen (secondary N) is 4. The van der Waals surface area contributed by atoms with Crippen molar-refractivity contribution in [1.82, 2.24) is 20.6 Å². The number of nitrogen functional groups attached to an aromatic ring is 1. The third-order valence-corrected chi connectivity index (χ3v) is 7.94. The molecule has 0 spiro atoms. The number of carbonyl (C=O) groups is 2. The molecule has 6 N–H and O–H groups in total. The highest BCUT2D eigenvalue weighted by Crippen LogP contribution is 2.29. The molecule has 4 rings (SSSR count). The molecule has 2 heterocycles. The van der Waals surface area contributed by atoms with Crippen LogP contribution in [0.5, 0.6) is 11.8 Å². The smallest absolute Gasteiger partial charge is 0.407 e. The Morgan fingerprint density at radius 3 is 1.44 bits per heavy atom. The molecule has 0 aromatic carbocycles. The first-order valence-corrected chi connectivity index (χ1v) is 17.0. The van der Waals surface area contributed by atoms with Crippen LogP contribution in [0.2, 0.25) is 0 Å². The highest BCUT2D eigenvalue weighted by atomic mass is 16.6. The number of nitrogens with two attached hydrogens (primary N) is 1. The molecule has 2 amide bonds. The van der Waals surface area contributed by atoms with E-state index in [2.05, 4.69) is 31.2 Å². The predicted molar refractivity (Wildman–Crippen MR) is 204 cm³/mol. The average Bonchev–Trinajstić information content (AvgIpc) is 3.02. The van der Waals surface area contributed by atoms with Crippen molar-refractivity contribution in [3.8, 4) is 11.8 Å².